The molecule has 0 aromatic carbocycles. The minimum absolute atomic E-state index is 0.0718. The Hall–Kier alpha value is -6.60. The molecule has 1 aliphatic rings. The largest absolute Gasteiger partial charge is 0.460 e. The van der Waals surface area contributed by atoms with Gasteiger partial charge in [0.2, 0.25) is 23.6 Å². The number of carbonyl (C=O) groups is 9. The van der Waals surface area contributed by atoms with Crippen LogP contribution in [0.1, 0.15) is 92.9 Å². The molecule has 1 aliphatic heterocycles. The van der Waals surface area contributed by atoms with Gasteiger partial charge in [0, 0.05) is 32.7 Å². The molecule has 0 radical (unpaired) electrons. The van der Waals surface area contributed by atoms with Crippen molar-refractivity contribution in [1.82, 2.24) is 41.9 Å². The monoisotopic (exact) mass is 1010 g/mol. The number of nitrogens with two attached hydrogens (primary N) is 1. The number of ether oxygens (including phenoxy) is 3. The molecule has 0 saturated carbocycles. The van der Waals surface area contributed by atoms with Crippen molar-refractivity contribution in [2.24, 2.45) is 17.1 Å². The number of allylic oxidation sites excluding steroid dienone is 6. The molecule has 9 amide bonds. The normalized spacial score (nSPS) is 22.2. The van der Waals surface area contributed by atoms with Crippen LogP contribution >= 0.6 is 0 Å². The summed E-state index contributed by atoms with van der Waals surface area (Å²) in [6.07, 6.45) is 15.8. The first kappa shape index (κ1) is 61.4. The van der Waals surface area contributed by atoms with E-state index in [-0.39, 0.29) is 37.9 Å². The molecule has 0 bridgehead atoms. The summed E-state index contributed by atoms with van der Waals surface area (Å²) in [7, 11) is -3.45. The summed E-state index contributed by atoms with van der Waals surface area (Å²) in [4.78, 5) is 118. The Balaban J connectivity index is 3.67. The summed E-state index contributed by atoms with van der Waals surface area (Å²) < 4.78 is 49.5. The van der Waals surface area contributed by atoms with Crippen LogP contribution in [0.3, 0.4) is 0 Å². The van der Waals surface area contributed by atoms with Crippen LogP contribution in [0.5, 0.6) is 0 Å². The molecule has 0 aromatic heterocycles. The van der Waals surface area contributed by atoms with Crippen LogP contribution in [0.15, 0.2) is 60.4 Å². The molecule has 1 heterocycles. The van der Waals surface area contributed by atoms with E-state index in [4.69, 9.17) is 24.5 Å². The van der Waals surface area contributed by atoms with Crippen LogP contribution in [0.25, 0.3) is 0 Å². The molecule has 2 unspecified atom stereocenters. The number of primary amides is 1. The van der Waals surface area contributed by atoms with E-state index in [1.54, 1.807) is 32.9 Å². The van der Waals surface area contributed by atoms with Crippen LogP contribution in [0.2, 0.25) is 0 Å². The van der Waals surface area contributed by atoms with Gasteiger partial charge in [-0.3, -0.25) is 38.1 Å². The van der Waals surface area contributed by atoms with Gasteiger partial charge in [-0.2, -0.15) is 8.42 Å². The van der Waals surface area contributed by atoms with Crippen LogP contribution in [0.4, 0.5) is 9.59 Å². The number of carbonyl (C=O) groups excluding carboxylic acids is 9. The van der Waals surface area contributed by atoms with Gasteiger partial charge in [0.05, 0.1) is 18.1 Å². The summed E-state index contributed by atoms with van der Waals surface area (Å²) in [6, 6.07) is -5.41. The second-order valence-electron chi connectivity index (χ2n) is 16.7. The lowest BCUT2D eigenvalue weighted by atomic mass is 9.83. The van der Waals surface area contributed by atoms with Gasteiger partial charge in [0.1, 0.15) is 36.5 Å². The van der Waals surface area contributed by atoms with Crippen molar-refractivity contribution in [3.8, 4) is 0 Å². The summed E-state index contributed by atoms with van der Waals surface area (Å²) in [5, 5.41) is 16.1. The second-order valence-corrected chi connectivity index (χ2v) is 17.8. The number of hydrogen-bond acceptors (Lipinski definition) is 14. The molecule has 392 valence electrons. The van der Waals surface area contributed by atoms with Crippen molar-refractivity contribution in [3.63, 3.8) is 0 Å². The standard InChI is InChI=1S/C45H71N9O15S/c1-8-10-11-12-13-14-15-16-17-20-30(67-7)25-35-45(5,6)42(61)68-34(29(3)4)22-23-36(55)51-31(19-9-2)41(60)53-32(21-18-24-47-44(63)54-70(64,65)66)39(58)48-27-37(56)52-33(26-50-43(46)62)40(59)49-28-38(57)69-35/h12-13,15-17,19-20,22-23,29-30,32-35H,8-11,14,18,21,24-28H2,1-7H3,(H,48,58)(H,49,59)(H,51,55)(H,52,56)(H,53,60)(H3,46,50,62)(H2,47,54,63)(H,64,65,66)/b13-12-,16-15+,20-17+,23-22+,31-19+/t30-,32+,33?,34-,35?/m0/s1. The average molecular weight is 1010 g/mol. The van der Waals surface area contributed by atoms with Gasteiger partial charge in [0.25, 0.3) is 5.91 Å². The SMILES string of the molecule is CC/C=C1/NC(=O)/C=C/[C@@H](C(C)C)OC(=O)C(C)(C)C(C[C@H](/C=C/C=C/C/C=C\CCCC)OC)OC(=O)CNC(=O)C(CNC(N)=O)NC(=O)CNC(=O)[C@@H](CCCNC(=O)NS(=O)(=O)O)NC1=O. The van der Waals surface area contributed by atoms with E-state index in [1.165, 1.54) is 37.8 Å². The highest BCUT2D eigenvalue weighted by Gasteiger charge is 2.43. The molecule has 24 nitrogen and oxygen atoms in total. The van der Waals surface area contributed by atoms with Gasteiger partial charge in [-0.15, -0.1) is 0 Å². The highest BCUT2D eigenvalue weighted by molar-refractivity contribution is 7.84. The maximum Gasteiger partial charge on any atom is 0.361 e. The van der Waals surface area contributed by atoms with Crippen molar-refractivity contribution in [3.05, 3.63) is 60.4 Å². The third kappa shape index (κ3) is 25.7. The van der Waals surface area contributed by atoms with Crippen molar-refractivity contribution in [2.75, 3.05) is 33.3 Å². The zero-order valence-corrected chi connectivity index (χ0v) is 41.6. The minimum atomic E-state index is -4.88. The van der Waals surface area contributed by atoms with E-state index in [9.17, 15) is 51.6 Å². The number of rotatable bonds is 19. The Morgan fingerprint density at radius 1 is 0.943 bits per heavy atom. The lowest BCUT2D eigenvalue weighted by molar-refractivity contribution is -0.175. The van der Waals surface area contributed by atoms with Gasteiger partial charge in [-0.05, 0) is 57.9 Å². The van der Waals surface area contributed by atoms with E-state index in [0.717, 1.165) is 25.3 Å². The molecule has 0 aliphatic carbocycles. The summed E-state index contributed by atoms with van der Waals surface area (Å²) in [5.41, 5.74) is 3.31. The quantitative estimate of drug-likeness (QED) is 0.0214. The maximum atomic E-state index is 14.1. The number of nitrogens with one attached hydrogen (secondary N) is 8. The number of urea groups is 2. The molecule has 1 rings (SSSR count). The van der Waals surface area contributed by atoms with Crippen LogP contribution in [-0.2, 0) is 58.1 Å². The molecule has 5 atom stereocenters. The van der Waals surface area contributed by atoms with Gasteiger partial charge in [0.15, 0.2) is 0 Å². The Labute approximate surface area is 409 Å². The zero-order chi connectivity index (χ0) is 52.9. The third-order valence-corrected chi connectivity index (χ3v) is 10.5. The first-order chi connectivity index (χ1) is 32.9. The van der Waals surface area contributed by atoms with E-state index in [2.05, 4.69) is 56.3 Å². The molecule has 25 heteroatoms. The number of amides is 9. The summed E-state index contributed by atoms with van der Waals surface area (Å²) >= 11 is 0. The molecule has 11 N–H and O–H groups in total. The smallest absolute Gasteiger partial charge is 0.361 e. The predicted molar refractivity (Wildman–Crippen MR) is 256 cm³/mol. The predicted octanol–water partition coefficient (Wildman–Crippen LogP) is 0.879. The molecular weight excluding hydrogens is 939 g/mol. The third-order valence-electron chi connectivity index (χ3n) is 10.1. The lowest BCUT2D eigenvalue weighted by Gasteiger charge is -2.34. The van der Waals surface area contributed by atoms with Crippen molar-refractivity contribution < 1.29 is 70.3 Å². The van der Waals surface area contributed by atoms with E-state index in [1.807, 2.05) is 12.2 Å². The highest BCUT2D eigenvalue weighted by atomic mass is 32.2. The van der Waals surface area contributed by atoms with Crippen molar-refractivity contribution in [2.45, 2.75) is 123 Å². The average Bonchev–Trinajstić information content (AvgIpc) is 3.28. The van der Waals surface area contributed by atoms with Gasteiger partial charge >= 0.3 is 34.3 Å². The Bertz CT molecular complexity index is 2070. The van der Waals surface area contributed by atoms with Gasteiger partial charge < -0.3 is 57.2 Å². The molecule has 0 spiro atoms. The van der Waals surface area contributed by atoms with Crippen LogP contribution < -0.4 is 47.7 Å². The van der Waals surface area contributed by atoms with Crippen molar-refractivity contribution in [1.29, 1.82) is 0 Å². The van der Waals surface area contributed by atoms with Crippen LogP contribution in [0, 0.1) is 11.3 Å². The molecule has 0 fully saturated rings. The van der Waals surface area contributed by atoms with E-state index >= 15 is 0 Å². The molecule has 70 heavy (non-hydrogen) atoms. The highest BCUT2D eigenvalue weighted by Crippen LogP contribution is 2.31. The number of hydrogen-bond donors (Lipinski definition) is 10. The first-order valence-electron chi connectivity index (χ1n) is 22.8. The Kier molecular flexibility index (Phi) is 28.3. The molecular formula is C45H71N9O15S. The fraction of sp³-hybridized carbons (Fsp3) is 0.578. The zero-order valence-electron chi connectivity index (χ0n) is 40.8. The number of cyclic esters (lactones) is 2. The van der Waals surface area contributed by atoms with Crippen LogP contribution in [-0.4, -0.2) is 130 Å². The number of methoxy groups -OCH3 is 1. The van der Waals surface area contributed by atoms with Crippen molar-refractivity contribution >= 4 is 63.8 Å². The first-order valence-corrected chi connectivity index (χ1v) is 24.2. The Morgan fingerprint density at radius 2 is 1.63 bits per heavy atom. The topological polar surface area (TPSA) is 358 Å². The number of esters is 2. The van der Waals surface area contributed by atoms with Gasteiger partial charge in [-0.25, -0.2) is 14.3 Å². The fourth-order valence-electron chi connectivity index (χ4n) is 6.08. The second kappa shape index (κ2) is 32.3. The van der Waals surface area contributed by atoms with E-state index in [0.29, 0.717) is 6.42 Å². The Morgan fingerprint density at radius 3 is 2.26 bits per heavy atom. The molecule has 0 saturated heterocycles. The number of unbranched alkanes of at least 4 members (excludes halogenated alkanes) is 2. The minimum Gasteiger partial charge on any atom is -0.460 e. The molecule has 0 aromatic rings. The van der Waals surface area contributed by atoms with E-state index < -0.39 is 125 Å². The maximum absolute atomic E-state index is 14.1. The fourth-order valence-corrected chi connectivity index (χ4v) is 6.38. The lowest BCUT2D eigenvalue weighted by Crippen LogP contribution is -2.56. The van der Waals surface area contributed by atoms with Gasteiger partial charge in [-0.1, -0.05) is 83.1 Å². The summed E-state index contributed by atoms with van der Waals surface area (Å²) in [6.45, 7) is 7.71. The summed E-state index contributed by atoms with van der Waals surface area (Å²) in [5.74, 6) is -7.02.